The molecule has 3 atom stereocenters. The summed E-state index contributed by atoms with van der Waals surface area (Å²) in [5, 5.41) is 9.44. The molecule has 2 saturated heterocycles. The van der Waals surface area contributed by atoms with E-state index in [2.05, 4.69) is 11.8 Å². The van der Waals surface area contributed by atoms with E-state index in [9.17, 15) is 14.7 Å². The Kier molecular flexibility index (Phi) is 5.55. The lowest BCUT2D eigenvalue weighted by molar-refractivity contribution is -0.144. The molecule has 0 saturated carbocycles. The summed E-state index contributed by atoms with van der Waals surface area (Å²) in [4.78, 5) is 27.8. The van der Waals surface area contributed by atoms with Crippen LogP contribution in [0.25, 0.3) is 0 Å². The summed E-state index contributed by atoms with van der Waals surface area (Å²) in [6.07, 6.45) is 2.57. The van der Waals surface area contributed by atoms with E-state index in [-0.39, 0.29) is 12.6 Å². The van der Waals surface area contributed by atoms with E-state index < -0.39 is 23.6 Å². The molecule has 0 spiro atoms. The van der Waals surface area contributed by atoms with E-state index in [4.69, 9.17) is 4.74 Å². The number of hydrogen-bond donors (Lipinski definition) is 1. The molecule has 0 aromatic heterocycles. The van der Waals surface area contributed by atoms with Gasteiger partial charge in [-0.05, 0) is 52.5 Å². The van der Waals surface area contributed by atoms with Gasteiger partial charge in [-0.15, -0.1) is 0 Å². The lowest BCUT2D eigenvalue weighted by Crippen LogP contribution is -2.56. The molecule has 23 heavy (non-hydrogen) atoms. The lowest BCUT2D eigenvalue weighted by Gasteiger charge is -2.44. The molecule has 1 N–H and O–H groups in total. The van der Waals surface area contributed by atoms with Crippen LogP contribution in [0.15, 0.2) is 0 Å². The first kappa shape index (κ1) is 18.0. The van der Waals surface area contributed by atoms with Crippen molar-refractivity contribution in [2.45, 2.75) is 58.6 Å². The van der Waals surface area contributed by atoms with Crippen molar-refractivity contribution in [2.75, 3.05) is 26.2 Å². The number of aliphatic carboxylic acids is 1. The van der Waals surface area contributed by atoms with Gasteiger partial charge in [-0.1, -0.05) is 6.92 Å². The number of carbonyl (C=O) groups is 2. The molecule has 0 bridgehead atoms. The van der Waals surface area contributed by atoms with Crippen molar-refractivity contribution in [1.82, 2.24) is 9.80 Å². The monoisotopic (exact) mass is 326 g/mol. The number of ether oxygens (including phenoxy) is 1. The molecule has 0 aromatic carbocycles. The van der Waals surface area contributed by atoms with Gasteiger partial charge < -0.3 is 14.7 Å². The van der Waals surface area contributed by atoms with E-state index in [0.717, 1.165) is 19.5 Å². The Morgan fingerprint density at radius 3 is 2.43 bits per heavy atom. The van der Waals surface area contributed by atoms with Crippen LogP contribution in [0, 0.1) is 11.8 Å². The van der Waals surface area contributed by atoms with Gasteiger partial charge in [-0.3, -0.25) is 9.69 Å². The Balaban J connectivity index is 2.07. The molecule has 0 aliphatic carbocycles. The molecule has 2 fully saturated rings. The molecule has 1 amide bonds. The highest BCUT2D eigenvalue weighted by Crippen LogP contribution is 2.27. The molecule has 132 valence electrons. The largest absolute Gasteiger partial charge is 0.481 e. The van der Waals surface area contributed by atoms with Gasteiger partial charge in [0.1, 0.15) is 5.60 Å². The molecule has 2 aliphatic rings. The maximum Gasteiger partial charge on any atom is 0.410 e. The van der Waals surface area contributed by atoms with Crippen LogP contribution in [0.2, 0.25) is 0 Å². The van der Waals surface area contributed by atoms with Crippen LogP contribution in [0.3, 0.4) is 0 Å². The van der Waals surface area contributed by atoms with Gasteiger partial charge in [0.2, 0.25) is 0 Å². The van der Waals surface area contributed by atoms with Gasteiger partial charge in [0.25, 0.3) is 0 Å². The van der Waals surface area contributed by atoms with E-state index >= 15 is 0 Å². The Morgan fingerprint density at radius 2 is 1.87 bits per heavy atom. The smallest absolute Gasteiger partial charge is 0.410 e. The summed E-state index contributed by atoms with van der Waals surface area (Å²) in [7, 11) is 0. The fraction of sp³-hybridized carbons (Fsp3) is 0.882. The number of carboxylic acid groups (broad SMARTS) is 1. The summed E-state index contributed by atoms with van der Waals surface area (Å²) < 4.78 is 5.44. The lowest BCUT2D eigenvalue weighted by atomic mass is 9.90. The van der Waals surface area contributed by atoms with Crippen LogP contribution in [-0.4, -0.2) is 64.8 Å². The summed E-state index contributed by atoms with van der Waals surface area (Å²) in [6.45, 7) is 10.5. The van der Waals surface area contributed by atoms with E-state index in [1.807, 2.05) is 20.8 Å². The third kappa shape index (κ3) is 5.09. The Bertz CT molecular complexity index is 446. The fourth-order valence-electron chi connectivity index (χ4n) is 3.55. The van der Waals surface area contributed by atoms with Crippen molar-refractivity contribution >= 4 is 12.1 Å². The molecule has 0 unspecified atom stereocenters. The summed E-state index contributed by atoms with van der Waals surface area (Å²) in [5.41, 5.74) is -0.567. The second kappa shape index (κ2) is 7.07. The van der Waals surface area contributed by atoms with Crippen molar-refractivity contribution in [1.29, 1.82) is 0 Å². The van der Waals surface area contributed by atoms with Gasteiger partial charge in [0, 0.05) is 25.7 Å². The molecule has 6 nitrogen and oxygen atoms in total. The summed E-state index contributed by atoms with van der Waals surface area (Å²) in [5.74, 6) is -0.712. The highest BCUT2D eigenvalue weighted by molar-refractivity contribution is 5.73. The first-order chi connectivity index (χ1) is 10.7. The van der Waals surface area contributed by atoms with Crippen LogP contribution >= 0.6 is 0 Å². The van der Waals surface area contributed by atoms with Gasteiger partial charge in [-0.25, -0.2) is 4.79 Å². The van der Waals surface area contributed by atoms with E-state index in [1.165, 1.54) is 6.42 Å². The van der Waals surface area contributed by atoms with Crippen LogP contribution in [0.1, 0.15) is 47.0 Å². The zero-order valence-electron chi connectivity index (χ0n) is 14.7. The van der Waals surface area contributed by atoms with Gasteiger partial charge >= 0.3 is 12.1 Å². The number of hydrogen-bond acceptors (Lipinski definition) is 4. The van der Waals surface area contributed by atoms with Gasteiger partial charge in [0.15, 0.2) is 0 Å². The molecular weight excluding hydrogens is 296 g/mol. The number of amides is 1. The molecular formula is C17H30N2O4. The molecule has 2 rings (SSSR count). The molecule has 6 heteroatoms. The topological polar surface area (TPSA) is 70.1 Å². The second-order valence-corrected chi connectivity index (χ2v) is 8.05. The van der Waals surface area contributed by atoms with Crippen LogP contribution in [-0.2, 0) is 9.53 Å². The SMILES string of the molecule is C[C@@H]1CCCN([C@H]2C[C@H](C(=O)O)CN(C(=O)OC(C)(C)C)C2)C1. The zero-order chi connectivity index (χ0) is 17.2. The number of piperidine rings is 2. The average molecular weight is 326 g/mol. The highest BCUT2D eigenvalue weighted by atomic mass is 16.6. The normalized spacial score (nSPS) is 30.1. The minimum atomic E-state index is -0.826. The predicted octanol–water partition coefficient (Wildman–Crippen LogP) is 2.43. The maximum atomic E-state index is 12.4. The van der Waals surface area contributed by atoms with Gasteiger partial charge in [-0.2, -0.15) is 0 Å². The standard InChI is InChI=1S/C17H30N2O4/c1-12-6-5-7-18(9-12)14-8-13(15(20)21)10-19(11-14)16(22)23-17(2,3)4/h12-14H,5-11H2,1-4H3,(H,20,21)/t12-,13+,14+/m1/s1. The molecule has 0 aromatic rings. The summed E-state index contributed by atoms with van der Waals surface area (Å²) >= 11 is 0. The molecule has 2 aliphatic heterocycles. The minimum absolute atomic E-state index is 0.111. The summed E-state index contributed by atoms with van der Waals surface area (Å²) in [6, 6.07) is 0.111. The highest BCUT2D eigenvalue weighted by Gasteiger charge is 2.38. The Morgan fingerprint density at radius 1 is 1.17 bits per heavy atom. The van der Waals surface area contributed by atoms with E-state index in [0.29, 0.717) is 18.9 Å². The second-order valence-electron chi connectivity index (χ2n) is 8.05. The average Bonchev–Trinajstić information content (AvgIpc) is 2.45. The number of nitrogens with zero attached hydrogens (tertiary/aromatic N) is 2. The third-order valence-electron chi connectivity index (χ3n) is 4.63. The quantitative estimate of drug-likeness (QED) is 0.844. The van der Waals surface area contributed by atoms with E-state index in [1.54, 1.807) is 4.90 Å². The first-order valence-electron chi connectivity index (χ1n) is 8.60. The zero-order valence-corrected chi connectivity index (χ0v) is 14.7. The van der Waals surface area contributed by atoms with Crippen molar-refractivity contribution in [3.05, 3.63) is 0 Å². The van der Waals surface area contributed by atoms with Crippen molar-refractivity contribution in [2.24, 2.45) is 11.8 Å². The van der Waals surface area contributed by atoms with Crippen molar-refractivity contribution in [3.63, 3.8) is 0 Å². The third-order valence-corrected chi connectivity index (χ3v) is 4.63. The maximum absolute atomic E-state index is 12.4. The van der Waals surface area contributed by atoms with Crippen LogP contribution < -0.4 is 0 Å². The predicted molar refractivity (Wildman–Crippen MR) is 87.3 cm³/mol. The molecule has 2 heterocycles. The number of carbonyl (C=O) groups excluding carboxylic acids is 1. The van der Waals surface area contributed by atoms with Crippen molar-refractivity contribution in [3.8, 4) is 0 Å². The Hall–Kier alpha value is -1.30. The first-order valence-corrected chi connectivity index (χ1v) is 8.60. The fourth-order valence-corrected chi connectivity index (χ4v) is 3.55. The molecule has 0 radical (unpaired) electrons. The Labute approximate surface area is 138 Å². The van der Waals surface area contributed by atoms with Gasteiger partial charge in [0.05, 0.1) is 5.92 Å². The van der Waals surface area contributed by atoms with Crippen LogP contribution in [0.5, 0.6) is 0 Å². The number of carboxylic acids is 1. The van der Waals surface area contributed by atoms with Crippen LogP contribution in [0.4, 0.5) is 4.79 Å². The number of rotatable bonds is 2. The number of likely N-dealkylation sites (tertiary alicyclic amines) is 2. The van der Waals surface area contributed by atoms with Crippen molar-refractivity contribution < 1.29 is 19.4 Å². The minimum Gasteiger partial charge on any atom is -0.481 e.